The molecule has 0 atom stereocenters. The van der Waals surface area contributed by atoms with Gasteiger partial charge in [0.15, 0.2) is 5.76 Å². The van der Waals surface area contributed by atoms with E-state index in [9.17, 15) is 0 Å². The number of halogens is 1. The normalized spacial score (nSPS) is 10.9. The first-order valence-corrected chi connectivity index (χ1v) is 6.50. The van der Waals surface area contributed by atoms with E-state index < -0.39 is 0 Å². The zero-order chi connectivity index (χ0) is 11.7. The summed E-state index contributed by atoms with van der Waals surface area (Å²) in [5, 5.41) is 5.97. The number of hydrogen-bond donors (Lipinski definition) is 0. The second-order valence-corrected chi connectivity index (χ2v) is 4.42. The molecule has 1 aromatic heterocycles. The fourth-order valence-corrected chi connectivity index (χ4v) is 2.22. The minimum absolute atomic E-state index is 0.835. The largest absolute Gasteiger partial charge is 0.355 e. The van der Waals surface area contributed by atoms with Crippen molar-refractivity contribution in [1.82, 2.24) is 5.16 Å². The second-order valence-electron chi connectivity index (χ2n) is 3.86. The van der Waals surface area contributed by atoms with E-state index in [1.807, 2.05) is 24.3 Å². The summed E-state index contributed by atoms with van der Waals surface area (Å²) in [7, 11) is 0. The lowest BCUT2D eigenvalue weighted by molar-refractivity contribution is 0.441. The molecule has 0 unspecified atom stereocenters. The van der Waals surface area contributed by atoms with E-state index in [1.54, 1.807) is 0 Å². The molecule has 0 radical (unpaired) electrons. The SMILES string of the molecule is BrCc1ccc(-c2onc3ccccc23)cc1. The lowest BCUT2D eigenvalue weighted by Crippen LogP contribution is -1.78. The Morgan fingerprint density at radius 3 is 2.53 bits per heavy atom. The van der Waals surface area contributed by atoms with Gasteiger partial charge in [0, 0.05) is 16.3 Å². The number of fused-ring (bicyclic) bond motifs is 1. The van der Waals surface area contributed by atoms with Crippen LogP contribution in [0.3, 0.4) is 0 Å². The summed E-state index contributed by atoms with van der Waals surface area (Å²) >= 11 is 3.43. The van der Waals surface area contributed by atoms with Crippen LogP contribution >= 0.6 is 15.9 Å². The summed E-state index contributed by atoms with van der Waals surface area (Å²) in [6.45, 7) is 0. The summed E-state index contributed by atoms with van der Waals surface area (Å²) in [6, 6.07) is 16.2. The first-order valence-electron chi connectivity index (χ1n) is 5.38. The van der Waals surface area contributed by atoms with Gasteiger partial charge >= 0.3 is 0 Å². The van der Waals surface area contributed by atoms with Crippen LogP contribution < -0.4 is 0 Å². The number of aromatic nitrogens is 1. The molecule has 2 aromatic carbocycles. The van der Waals surface area contributed by atoms with Gasteiger partial charge in [0.25, 0.3) is 0 Å². The van der Waals surface area contributed by atoms with Crippen LogP contribution in [0, 0.1) is 0 Å². The Balaban J connectivity index is 2.13. The third-order valence-electron chi connectivity index (χ3n) is 2.75. The van der Waals surface area contributed by atoms with Crippen molar-refractivity contribution in [2.24, 2.45) is 0 Å². The van der Waals surface area contributed by atoms with E-state index in [1.165, 1.54) is 5.56 Å². The van der Waals surface area contributed by atoms with E-state index in [0.29, 0.717) is 0 Å². The number of nitrogens with zero attached hydrogens (tertiary/aromatic N) is 1. The van der Waals surface area contributed by atoms with Crippen molar-refractivity contribution >= 4 is 26.8 Å². The molecule has 3 rings (SSSR count). The van der Waals surface area contributed by atoms with Crippen LogP contribution in [0.2, 0.25) is 0 Å². The van der Waals surface area contributed by atoms with Crippen LogP contribution in [0.4, 0.5) is 0 Å². The van der Waals surface area contributed by atoms with Crippen LogP contribution in [0.1, 0.15) is 5.56 Å². The molecule has 1 heterocycles. The quantitative estimate of drug-likeness (QED) is 0.654. The van der Waals surface area contributed by atoms with Crippen molar-refractivity contribution in [3.63, 3.8) is 0 Å². The van der Waals surface area contributed by atoms with Gasteiger partial charge in [-0.05, 0) is 17.7 Å². The fourth-order valence-electron chi connectivity index (χ4n) is 1.84. The highest BCUT2D eigenvalue weighted by Crippen LogP contribution is 2.28. The Morgan fingerprint density at radius 1 is 1.00 bits per heavy atom. The number of benzene rings is 2. The van der Waals surface area contributed by atoms with Gasteiger partial charge in [-0.3, -0.25) is 0 Å². The number of alkyl halides is 1. The first-order chi connectivity index (χ1) is 8.38. The van der Waals surface area contributed by atoms with Crippen molar-refractivity contribution < 1.29 is 4.52 Å². The van der Waals surface area contributed by atoms with Gasteiger partial charge < -0.3 is 4.52 Å². The maximum absolute atomic E-state index is 5.41. The fraction of sp³-hybridized carbons (Fsp3) is 0.0714. The highest BCUT2D eigenvalue weighted by atomic mass is 79.9. The number of hydrogen-bond acceptors (Lipinski definition) is 2. The van der Waals surface area contributed by atoms with Crippen LogP contribution in [-0.2, 0) is 5.33 Å². The van der Waals surface area contributed by atoms with Gasteiger partial charge in [0.1, 0.15) is 5.52 Å². The Kier molecular flexibility index (Phi) is 2.69. The van der Waals surface area contributed by atoms with E-state index in [2.05, 4.69) is 45.4 Å². The molecule has 0 fully saturated rings. The molecule has 0 amide bonds. The highest BCUT2D eigenvalue weighted by molar-refractivity contribution is 9.08. The van der Waals surface area contributed by atoms with Crippen LogP contribution in [0.5, 0.6) is 0 Å². The van der Waals surface area contributed by atoms with Crippen molar-refractivity contribution in [1.29, 1.82) is 0 Å². The van der Waals surface area contributed by atoms with Gasteiger partial charge in [-0.2, -0.15) is 0 Å². The second kappa shape index (κ2) is 4.34. The summed E-state index contributed by atoms with van der Waals surface area (Å²) in [4.78, 5) is 0. The lowest BCUT2D eigenvalue weighted by Gasteiger charge is -1.98. The average Bonchev–Trinajstić information content (AvgIpc) is 2.83. The Bertz CT molecular complexity index is 643. The summed E-state index contributed by atoms with van der Waals surface area (Å²) in [6.07, 6.45) is 0. The molecule has 0 N–H and O–H groups in total. The van der Waals surface area contributed by atoms with Crippen LogP contribution in [0.25, 0.3) is 22.2 Å². The smallest absolute Gasteiger partial charge is 0.174 e. The molecular weight excluding hydrogens is 278 g/mol. The monoisotopic (exact) mass is 287 g/mol. The molecule has 3 aromatic rings. The average molecular weight is 288 g/mol. The summed E-state index contributed by atoms with van der Waals surface area (Å²) in [5.41, 5.74) is 3.20. The number of rotatable bonds is 2. The molecule has 17 heavy (non-hydrogen) atoms. The minimum Gasteiger partial charge on any atom is -0.355 e. The third-order valence-corrected chi connectivity index (χ3v) is 3.40. The topological polar surface area (TPSA) is 26.0 Å². The van der Waals surface area contributed by atoms with Crippen LogP contribution in [-0.4, -0.2) is 5.16 Å². The lowest BCUT2D eigenvalue weighted by atomic mass is 10.1. The molecule has 0 saturated carbocycles. The highest BCUT2D eigenvalue weighted by Gasteiger charge is 2.09. The van der Waals surface area contributed by atoms with Gasteiger partial charge in [-0.1, -0.05) is 57.5 Å². The predicted octanol–water partition coefficient (Wildman–Crippen LogP) is 4.39. The maximum Gasteiger partial charge on any atom is 0.174 e. The Hall–Kier alpha value is -1.61. The molecule has 84 valence electrons. The van der Waals surface area contributed by atoms with Gasteiger partial charge in [0.2, 0.25) is 0 Å². The van der Waals surface area contributed by atoms with Crippen molar-refractivity contribution in [3.8, 4) is 11.3 Å². The molecule has 0 saturated heterocycles. The molecule has 0 bridgehead atoms. The molecule has 0 aliphatic rings. The molecular formula is C14H10BrNO. The van der Waals surface area contributed by atoms with Crippen molar-refractivity contribution in [3.05, 3.63) is 54.1 Å². The third kappa shape index (κ3) is 1.87. The van der Waals surface area contributed by atoms with E-state index >= 15 is 0 Å². The molecule has 0 aliphatic heterocycles. The maximum atomic E-state index is 5.41. The molecule has 0 aliphatic carbocycles. The molecule has 3 heteroatoms. The molecule has 2 nitrogen and oxygen atoms in total. The van der Waals surface area contributed by atoms with Crippen molar-refractivity contribution in [2.45, 2.75) is 5.33 Å². The first kappa shape index (κ1) is 10.5. The zero-order valence-corrected chi connectivity index (χ0v) is 10.6. The van der Waals surface area contributed by atoms with Crippen LogP contribution in [0.15, 0.2) is 53.1 Å². The standard InChI is InChI=1S/C14H10BrNO/c15-9-10-5-7-11(8-6-10)14-12-3-1-2-4-13(12)16-17-14/h1-8H,9H2. The predicted molar refractivity (Wildman–Crippen MR) is 72.1 cm³/mol. The van der Waals surface area contributed by atoms with Crippen molar-refractivity contribution in [2.75, 3.05) is 0 Å². The van der Waals surface area contributed by atoms with Gasteiger partial charge in [-0.25, -0.2) is 0 Å². The van der Waals surface area contributed by atoms with E-state index in [4.69, 9.17) is 4.52 Å². The summed E-state index contributed by atoms with van der Waals surface area (Å²) < 4.78 is 5.41. The zero-order valence-electron chi connectivity index (χ0n) is 9.06. The Labute approximate surface area is 107 Å². The van der Waals surface area contributed by atoms with Gasteiger partial charge in [0.05, 0.1) is 0 Å². The molecule has 0 spiro atoms. The minimum atomic E-state index is 0.835. The summed E-state index contributed by atoms with van der Waals surface area (Å²) in [5.74, 6) is 0.835. The van der Waals surface area contributed by atoms with E-state index in [-0.39, 0.29) is 0 Å². The van der Waals surface area contributed by atoms with E-state index in [0.717, 1.165) is 27.6 Å². The Morgan fingerprint density at radius 2 is 1.76 bits per heavy atom. The van der Waals surface area contributed by atoms with Gasteiger partial charge in [-0.15, -0.1) is 0 Å².